The summed E-state index contributed by atoms with van der Waals surface area (Å²) in [7, 11) is 1.69. The fourth-order valence-corrected chi connectivity index (χ4v) is 4.52. The Morgan fingerprint density at radius 3 is 2.70 bits per heavy atom. The second-order valence-corrected chi connectivity index (χ2v) is 9.14. The zero-order valence-corrected chi connectivity index (χ0v) is 20.7. The van der Waals surface area contributed by atoms with E-state index in [0.29, 0.717) is 36.4 Å². The van der Waals surface area contributed by atoms with Gasteiger partial charge >= 0.3 is 6.03 Å². The average molecular weight is 517 g/mol. The molecule has 2 aliphatic heterocycles. The molecule has 4 rings (SSSR count). The number of hydrogen-bond acceptors (Lipinski definition) is 5. The summed E-state index contributed by atoms with van der Waals surface area (Å²) in [6.07, 6.45) is 0.840. The number of nitrogens with one attached hydrogen (secondary N) is 3. The zero-order valence-electron chi connectivity index (χ0n) is 20.7. The van der Waals surface area contributed by atoms with Crippen LogP contribution in [0.3, 0.4) is 0 Å². The van der Waals surface area contributed by atoms with Gasteiger partial charge in [0.25, 0.3) is 5.91 Å². The molecule has 9 nitrogen and oxygen atoms in total. The van der Waals surface area contributed by atoms with Crippen LogP contribution in [0.1, 0.15) is 43.0 Å². The van der Waals surface area contributed by atoms with Gasteiger partial charge in [0.1, 0.15) is 30.1 Å². The summed E-state index contributed by atoms with van der Waals surface area (Å²) in [5, 5.41) is 7.83. The average Bonchev–Trinajstić information content (AvgIpc) is 2.87. The van der Waals surface area contributed by atoms with E-state index in [1.54, 1.807) is 30.1 Å². The number of fused-ring (bicyclic) bond motifs is 2. The Morgan fingerprint density at radius 2 is 1.92 bits per heavy atom. The number of likely N-dealkylation sites (N-methyl/N-ethyl adjacent to an activating group) is 1. The van der Waals surface area contributed by atoms with Gasteiger partial charge in [-0.25, -0.2) is 13.6 Å². The highest BCUT2D eigenvalue weighted by atomic mass is 19.1. The number of amides is 4. The van der Waals surface area contributed by atoms with Gasteiger partial charge in [0.2, 0.25) is 5.91 Å². The van der Waals surface area contributed by atoms with Gasteiger partial charge in [0.15, 0.2) is 0 Å². The molecule has 0 bridgehead atoms. The molecule has 37 heavy (non-hydrogen) atoms. The number of hydrogen-bond donors (Lipinski definition) is 3. The Morgan fingerprint density at radius 1 is 1.11 bits per heavy atom. The van der Waals surface area contributed by atoms with Crippen LogP contribution < -0.4 is 20.7 Å². The Bertz CT molecular complexity index is 1180. The lowest BCUT2D eigenvalue weighted by molar-refractivity contribution is -0.130. The molecular weight excluding hydrogens is 486 g/mol. The first-order valence-corrected chi connectivity index (χ1v) is 12.2. The number of anilines is 2. The molecule has 198 valence electrons. The quantitative estimate of drug-likeness (QED) is 0.540. The number of nitrogens with zero attached hydrogens (tertiary/aromatic N) is 1. The minimum atomic E-state index is -0.730. The van der Waals surface area contributed by atoms with Gasteiger partial charge in [0, 0.05) is 25.3 Å². The van der Waals surface area contributed by atoms with Crippen molar-refractivity contribution in [2.45, 2.75) is 50.9 Å². The van der Waals surface area contributed by atoms with E-state index in [1.165, 1.54) is 0 Å². The molecule has 0 aliphatic carbocycles. The maximum absolute atomic E-state index is 13.9. The highest BCUT2D eigenvalue weighted by molar-refractivity contribution is 5.99. The predicted octanol–water partition coefficient (Wildman–Crippen LogP) is 3.91. The van der Waals surface area contributed by atoms with Crippen LogP contribution in [-0.2, 0) is 9.53 Å². The van der Waals surface area contributed by atoms with Crippen LogP contribution in [0.5, 0.6) is 5.75 Å². The summed E-state index contributed by atoms with van der Waals surface area (Å²) in [6.45, 7) is 2.63. The van der Waals surface area contributed by atoms with Gasteiger partial charge in [-0.15, -0.1) is 0 Å². The number of halogens is 2. The lowest BCUT2D eigenvalue weighted by Crippen LogP contribution is -2.53. The highest BCUT2D eigenvalue weighted by Gasteiger charge is 2.39. The van der Waals surface area contributed by atoms with Crippen LogP contribution in [0, 0.1) is 11.6 Å². The molecule has 0 saturated carbocycles. The molecule has 2 aromatic carbocycles. The largest absolute Gasteiger partial charge is 0.490 e. The molecule has 1 fully saturated rings. The summed E-state index contributed by atoms with van der Waals surface area (Å²) in [5.74, 6) is -1.80. The molecule has 11 heteroatoms. The minimum absolute atomic E-state index is 0.0530. The third kappa shape index (κ3) is 6.34. The number of benzene rings is 2. The molecule has 0 aromatic heterocycles. The van der Waals surface area contributed by atoms with Gasteiger partial charge in [-0.2, -0.15) is 0 Å². The van der Waals surface area contributed by atoms with Crippen molar-refractivity contribution in [3.05, 3.63) is 53.6 Å². The van der Waals surface area contributed by atoms with E-state index in [2.05, 4.69) is 16.0 Å². The van der Waals surface area contributed by atoms with E-state index in [-0.39, 0.29) is 36.7 Å². The van der Waals surface area contributed by atoms with Gasteiger partial charge in [-0.1, -0.05) is 6.92 Å². The summed E-state index contributed by atoms with van der Waals surface area (Å²) in [5.41, 5.74) is 0.565. The Kier molecular flexibility index (Phi) is 8.22. The van der Waals surface area contributed by atoms with Crippen LogP contribution in [0.25, 0.3) is 0 Å². The van der Waals surface area contributed by atoms with Crippen LogP contribution in [-0.4, -0.2) is 61.2 Å². The van der Waals surface area contributed by atoms with Crippen molar-refractivity contribution in [2.75, 3.05) is 30.8 Å². The molecule has 0 spiro atoms. The van der Waals surface area contributed by atoms with Crippen molar-refractivity contribution in [3.8, 4) is 5.75 Å². The van der Waals surface area contributed by atoms with E-state index in [9.17, 15) is 23.2 Å². The van der Waals surface area contributed by atoms with Crippen molar-refractivity contribution in [1.29, 1.82) is 0 Å². The van der Waals surface area contributed by atoms with Gasteiger partial charge in [0.05, 0.1) is 29.8 Å². The Labute approximate surface area is 213 Å². The number of carbonyl (C=O) groups excluding carboxylic acids is 3. The van der Waals surface area contributed by atoms with Crippen LogP contribution in [0.15, 0.2) is 36.4 Å². The smallest absolute Gasteiger partial charge is 0.319 e. The first kappa shape index (κ1) is 26.3. The third-order valence-electron chi connectivity index (χ3n) is 6.42. The number of urea groups is 1. The molecule has 2 aromatic rings. The second kappa shape index (κ2) is 11.5. The number of rotatable bonds is 6. The summed E-state index contributed by atoms with van der Waals surface area (Å²) >= 11 is 0. The molecule has 2 heterocycles. The Balaban J connectivity index is 1.41. The molecule has 0 unspecified atom stereocenters. The number of ether oxygens (including phenoxy) is 2. The molecule has 1 saturated heterocycles. The lowest BCUT2D eigenvalue weighted by atomic mass is 9.94. The van der Waals surface area contributed by atoms with Crippen molar-refractivity contribution >= 4 is 29.2 Å². The monoisotopic (exact) mass is 516 g/mol. The number of carbonyl (C=O) groups is 3. The summed E-state index contributed by atoms with van der Waals surface area (Å²) in [6, 6.07) is 7.06. The topological polar surface area (TPSA) is 109 Å². The van der Waals surface area contributed by atoms with E-state index >= 15 is 0 Å². The molecule has 3 atom stereocenters. The molecular formula is C26H30F2N4O5. The fraction of sp³-hybridized carbons (Fsp3) is 0.423. The standard InChI is InChI=1S/C26H30F2N4O5/c1-3-10-29-26(35)30-16-5-9-22-18(12-16)25(34)32(2)21-8-6-17(37-23(21)14-36-22)13-24(33)31-20-11-15(27)4-7-19(20)28/h4-5,7,9,11-12,17,21,23H,3,6,8,10,13-14H2,1-2H3,(H,31,33)(H2,29,30,35)/t17-,21+,23-/m1/s1. The Hall–Kier alpha value is -3.73. The van der Waals surface area contributed by atoms with E-state index in [4.69, 9.17) is 9.47 Å². The molecule has 4 amide bonds. The van der Waals surface area contributed by atoms with E-state index in [0.717, 1.165) is 24.6 Å². The minimum Gasteiger partial charge on any atom is -0.490 e. The second-order valence-electron chi connectivity index (χ2n) is 9.14. The van der Waals surface area contributed by atoms with Gasteiger partial charge in [-0.05, 0) is 49.6 Å². The van der Waals surface area contributed by atoms with Crippen molar-refractivity contribution < 1.29 is 32.6 Å². The van der Waals surface area contributed by atoms with Gasteiger partial charge in [-0.3, -0.25) is 9.59 Å². The molecule has 2 aliphatic rings. The van der Waals surface area contributed by atoms with Crippen LogP contribution in [0.2, 0.25) is 0 Å². The summed E-state index contributed by atoms with van der Waals surface area (Å²) in [4.78, 5) is 39.4. The zero-order chi connectivity index (χ0) is 26.5. The molecule has 0 radical (unpaired) electrons. The van der Waals surface area contributed by atoms with E-state index < -0.39 is 29.7 Å². The summed E-state index contributed by atoms with van der Waals surface area (Å²) < 4.78 is 39.3. The first-order valence-electron chi connectivity index (χ1n) is 12.2. The maximum Gasteiger partial charge on any atom is 0.319 e. The lowest BCUT2D eigenvalue weighted by Gasteiger charge is -2.42. The van der Waals surface area contributed by atoms with Crippen LogP contribution in [0.4, 0.5) is 25.0 Å². The van der Waals surface area contributed by atoms with Gasteiger partial charge < -0.3 is 30.3 Å². The molecule has 3 N–H and O–H groups in total. The highest BCUT2D eigenvalue weighted by Crippen LogP contribution is 2.32. The predicted molar refractivity (Wildman–Crippen MR) is 133 cm³/mol. The fourth-order valence-electron chi connectivity index (χ4n) is 4.52. The normalized spacial score (nSPS) is 21.0. The third-order valence-corrected chi connectivity index (χ3v) is 6.42. The SMILES string of the molecule is CCCNC(=O)Nc1ccc2c(c1)C(=O)N(C)[C@H]1CC[C@H](CC(=O)Nc3cc(F)ccc3F)O[C@@H]1CO2. The van der Waals surface area contributed by atoms with Crippen molar-refractivity contribution in [1.82, 2.24) is 10.2 Å². The first-order chi connectivity index (χ1) is 17.7. The van der Waals surface area contributed by atoms with Crippen molar-refractivity contribution in [3.63, 3.8) is 0 Å². The van der Waals surface area contributed by atoms with E-state index in [1.807, 2.05) is 6.92 Å². The van der Waals surface area contributed by atoms with Crippen molar-refractivity contribution in [2.24, 2.45) is 0 Å². The maximum atomic E-state index is 13.9. The van der Waals surface area contributed by atoms with Crippen LogP contribution >= 0.6 is 0 Å².